The van der Waals surface area contributed by atoms with E-state index < -0.39 is 0 Å². The number of rotatable bonds is 7. The number of hydrogen-bond acceptors (Lipinski definition) is 5. The maximum absolute atomic E-state index is 12.9. The number of benzene rings is 2. The van der Waals surface area contributed by atoms with Crippen molar-refractivity contribution in [1.82, 2.24) is 0 Å². The van der Waals surface area contributed by atoms with Crippen LogP contribution in [0.5, 0.6) is 11.5 Å². The molecule has 0 radical (unpaired) electrons. The van der Waals surface area contributed by atoms with Gasteiger partial charge in [0.05, 0.1) is 13.0 Å². The number of hydrogen-bond donors (Lipinski definition) is 0. The third-order valence-corrected chi connectivity index (χ3v) is 5.35. The third-order valence-electron chi connectivity index (χ3n) is 5.35. The van der Waals surface area contributed by atoms with Gasteiger partial charge in [-0.05, 0) is 48.3 Å². The Morgan fingerprint density at radius 3 is 2.09 bits per heavy atom. The Balaban J connectivity index is 1.77. The third kappa shape index (κ3) is 5.41. The molecule has 0 unspecified atom stereocenters. The van der Waals surface area contributed by atoms with E-state index >= 15 is 0 Å². The summed E-state index contributed by atoms with van der Waals surface area (Å²) in [6.07, 6.45) is 5.53. The molecule has 0 bridgehead atoms. The van der Waals surface area contributed by atoms with E-state index in [1.54, 1.807) is 44.2 Å². The number of methoxy groups -OCH3 is 1. The highest BCUT2D eigenvalue weighted by Gasteiger charge is 2.23. The second kappa shape index (κ2) is 10.2. The Kier molecular flexibility index (Phi) is 7.41. The smallest absolute Gasteiger partial charge is 0.313 e. The number of ether oxygens (including phenoxy) is 2. The first-order valence-corrected chi connectivity index (χ1v) is 10.8. The Labute approximate surface area is 188 Å². The molecule has 5 nitrogen and oxygen atoms in total. The van der Waals surface area contributed by atoms with Gasteiger partial charge in [-0.3, -0.25) is 14.4 Å². The highest BCUT2D eigenvalue weighted by molar-refractivity contribution is 6.15. The van der Waals surface area contributed by atoms with Gasteiger partial charge in [0.15, 0.2) is 23.1 Å². The topological polar surface area (TPSA) is 69.7 Å². The van der Waals surface area contributed by atoms with E-state index in [0.29, 0.717) is 36.3 Å². The van der Waals surface area contributed by atoms with Crippen molar-refractivity contribution in [2.75, 3.05) is 7.11 Å². The van der Waals surface area contributed by atoms with Gasteiger partial charge < -0.3 is 9.47 Å². The molecule has 5 heteroatoms. The van der Waals surface area contributed by atoms with E-state index in [0.717, 1.165) is 22.3 Å². The summed E-state index contributed by atoms with van der Waals surface area (Å²) in [5, 5.41) is 0. The zero-order valence-corrected chi connectivity index (χ0v) is 18.9. The largest absolute Gasteiger partial charge is 0.493 e. The van der Waals surface area contributed by atoms with Crippen LogP contribution >= 0.6 is 0 Å². The molecule has 3 rings (SSSR count). The first kappa shape index (κ1) is 23.2. The van der Waals surface area contributed by atoms with Gasteiger partial charge in [-0.25, -0.2) is 0 Å². The number of ketones is 2. The molecule has 0 aliphatic heterocycles. The van der Waals surface area contributed by atoms with E-state index in [9.17, 15) is 14.4 Å². The lowest BCUT2D eigenvalue weighted by Crippen LogP contribution is -2.15. The fourth-order valence-electron chi connectivity index (χ4n) is 3.43. The van der Waals surface area contributed by atoms with Gasteiger partial charge >= 0.3 is 5.97 Å². The van der Waals surface area contributed by atoms with Gasteiger partial charge in [0.1, 0.15) is 0 Å². The van der Waals surface area contributed by atoms with Gasteiger partial charge in [-0.1, -0.05) is 51.1 Å². The highest BCUT2D eigenvalue weighted by Crippen LogP contribution is 2.33. The van der Waals surface area contributed by atoms with E-state index in [-0.39, 0.29) is 23.5 Å². The summed E-state index contributed by atoms with van der Waals surface area (Å²) in [7, 11) is 1.51. The Hall–Kier alpha value is -3.47. The molecule has 166 valence electrons. The maximum atomic E-state index is 12.9. The van der Waals surface area contributed by atoms with Gasteiger partial charge in [0.2, 0.25) is 0 Å². The average Bonchev–Trinajstić information content (AvgIpc) is 3.13. The summed E-state index contributed by atoms with van der Waals surface area (Å²) >= 11 is 0. The summed E-state index contributed by atoms with van der Waals surface area (Å²) < 4.78 is 10.7. The standard InChI is InChI=1S/C27H28O5/c1-5-23(28)20-9-6-18(7-10-20)14-21-11-12-22(26(21)29)15-19-8-13-24(25(16-19)31-4)32-27(30)17(2)3/h6-10,13-17H,5,11-12H2,1-4H3/b21-14+,22-15+. The molecule has 2 aromatic rings. The minimum absolute atomic E-state index is 0.0213. The molecule has 0 spiro atoms. The summed E-state index contributed by atoms with van der Waals surface area (Å²) in [6.45, 7) is 5.37. The molecule has 1 aliphatic rings. The molecule has 0 amide bonds. The Morgan fingerprint density at radius 2 is 1.53 bits per heavy atom. The molecule has 1 aliphatic carbocycles. The summed E-state index contributed by atoms with van der Waals surface area (Å²) in [4.78, 5) is 36.5. The monoisotopic (exact) mass is 432 g/mol. The number of Topliss-reactive ketones (excluding diaryl/α,β-unsaturated/α-hetero) is 2. The van der Waals surface area contributed by atoms with E-state index in [1.165, 1.54) is 7.11 Å². The Morgan fingerprint density at radius 1 is 0.938 bits per heavy atom. The van der Waals surface area contributed by atoms with Crippen LogP contribution in [0.2, 0.25) is 0 Å². The van der Waals surface area contributed by atoms with Gasteiger partial charge in [0, 0.05) is 23.1 Å². The van der Waals surface area contributed by atoms with Gasteiger partial charge in [-0.2, -0.15) is 0 Å². The number of allylic oxidation sites excluding steroid dienone is 2. The van der Waals surface area contributed by atoms with Crippen LogP contribution in [0.4, 0.5) is 0 Å². The van der Waals surface area contributed by atoms with Crippen LogP contribution < -0.4 is 9.47 Å². The normalized spacial score (nSPS) is 16.1. The van der Waals surface area contributed by atoms with Crippen molar-refractivity contribution in [2.24, 2.45) is 5.92 Å². The van der Waals surface area contributed by atoms with Crippen LogP contribution in [0.25, 0.3) is 12.2 Å². The zero-order chi connectivity index (χ0) is 23.3. The van der Waals surface area contributed by atoms with Crippen molar-refractivity contribution in [3.8, 4) is 11.5 Å². The number of esters is 1. The van der Waals surface area contributed by atoms with Crippen LogP contribution in [0, 0.1) is 5.92 Å². The predicted octanol–water partition coefficient (Wildman–Crippen LogP) is 5.68. The molecule has 1 saturated carbocycles. The second-order valence-electron chi connectivity index (χ2n) is 8.05. The molecule has 2 aromatic carbocycles. The highest BCUT2D eigenvalue weighted by atomic mass is 16.6. The van der Waals surface area contributed by atoms with Crippen LogP contribution in [-0.2, 0) is 9.59 Å². The Bertz CT molecular complexity index is 1090. The minimum atomic E-state index is -0.331. The summed E-state index contributed by atoms with van der Waals surface area (Å²) in [6, 6.07) is 12.6. The second-order valence-corrected chi connectivity index (χ2v) is 8.05. The van der Waals surface area contributed by atoms with Crippen LogP contribution in [0.15, 0.2) is 53.6 Å². The fourth-order valence-corrected chi connectivity index (χ4v) is 3.43. The number of carbonyl (C=O) groups excluding carboxylic acids is 3. The first-order valence-electron chi connectivity index (χ1n) is 10.8. The molecule has 32 heavy (non-hydrogen) atoms. The SMILES string of the molecule is CCC(=O)c1ccc(/C=C2\CC/C(=C\c3ccc(OC(=O)C(C)C)c(OC)c3)C2=O)cc1. The molecular formula is C27H28O5. The summed E-state index contributed by atoms with van der Waals surface area (Å²) in [5.74, 6) is 0.348. The van der Waals surface area contributed by atoms with E-state index in [1.807, 2.05) is 31.2 Å². The predicted molar refractivity (Wildman–Crippen MR) is 125 cm³/mol. The zero-order valence-electron chi connectivity index (χ0n) is 18.9. The lowest BCUT2D eigenvalue weighted by molar-refractivity contribution is -0.137. The lowest BCUT2D eigenvalue weighted by Gasteiger charge is -2.11. The van der Waals surface area contributed by atoms with E-state index in [4.69, 9.17) is 9.47 Å². The van der Waals surface area contributed by atoms with Crippen molar-refractivity contribution >= 4 is 29.7 Å². The van der Waals surface area contributed by atoms with Crippen molar-refractivity contribution < 1.29 is 23.9 Å². The van der Waals surface area contributed by atoms with Crippen molar-refractivity contribution in [3.05, 3.63) is 70.3 Å². The van der Waals surface area contributed by atoms with Crippen LogP contribution in [-0.4, -0.2) is 24.6 Å². The minimum Gasteiger partial charge on any atom is -0.493 e. The molecule has 0 N–H and O–H groups in total. The van der Waals surface area contributed by atoms with E-state index in [2.05, 4.69) is 0 Å². The fraction of sp³-hybridized carbons (Fsp3) is 0.296. The van der Waals surface area contributed by atoms with Crippen LogP contribution in [0.1, 0.15) is 61.5 Å². The van der Waals surface area contributed by atoms with Crippen molar-refractivity contribution in [3.63, 3.8) is 0 Å². The first-order chi connectivity index (χ1) is 15.3. The lowest BCUT2D eigenvalue weighted by atomic mass is 10.0. The maximum Gasteiger partial charge on any atom is 0.313 e. The molecule has 1 fully saturated rings. The number of carbonyl (C=O) groups is 3. The molecular weight excluding hydrogens is 404 g/mol. The molecule has 0 atom stereocenters. The van der Waals surface area contributed by atoms with Crippen LogP contribution in [0.3, 0.4) is 0 Å². The quantitative estimate of drug-likeness (QED) is 0.244. The van der Waals surface area contributed by atoms with Crippen molar-refractivity contribution in [1.29, 1.82) is 0 Å². The molecule has 0 heterocycles. The molecule has 0 aromatic heterocycles. The van der Waals surface area contributed by atoms with Gasteiger partial charge in [-0.15, -0.1) is 0 Å². The molecule has 0 saturated heterocycles. The average molecular weight is 433 g/mol. The van der Waals surface area contributed by atoms with Gasteiger partial charge in [0.25, 0.3) is 0 Å². The van der Waals surface area contributed by atoms with Crippen molar-refractivity contribution in [2.45, 2.75) is 40.0 Å². The summed E-state index contributed by atoms with van der Waals surface area (Å²) in [5.41, 5.74) is 3.87.